The van der Waals surface area contributed by atoms with Crippen LogP contribution in [-0.4, -0.2) is 23.5 Å². The van der Waals surface area contributed by atoms with Gasteiger partial charge in [-0.2, -0.15) is 0 Å². The zero-order valence-electron chi connectivity index (χ0n) is 22.5. The van der Waals surface area contributed by atoms with E-state index in [1.165, 1.54) is 12.8 Å². The van der Waals surface area contributed by atoms with Gasteiger partial charge in [-0.25, -0.2) is 0 Å². The third-order valence-electron chi connectivity index (χ3n) is 2.57. The lowest BCUT2D eigenvalue weighted by Gasteiger charge is -1.81. The van der Waals surface area contributed by atoms with E-state index in [0.717, 1.165) is 25.7 Å². The standard InChI is InChI=1S/C6H10Cl2.C6H12.C5H9Cl.C5H8.C4H8.C3H5Cl.ClH/c7-5-3-1-2-4-6-8;1-3-5-6-4-2;1-2-3-4-5-6;1-3-5-4-2;1-3-4-2;1-2-3-4;/h1-2H,3-6H2;5-6H,3-4H2,1-2H3;3-4H,2,5H2,1H3;3-5H,1H2,2H3;3H,1,4H2,2H3;2H,1,3H2;1H/b;;;5-4+;;;. The number of hydrogen-bond donors (Lipinski definition) is 0. The summed E-state index contributed by atoms with van der Waals surface area (Å²) in [5.74, 6) is 2.62. The zero-order chi connectivity index (χ0) is 26.8. The van der Waals surface area contributed by atoms with Gasteiger partial charge in [-0.05, 0) is 45.4 Å². The number of alkyl halides is 4. The van der Waals surface area contributed by atoms with Gasteiger partial charge < -0.3 is 0 Å². The Morgan fingerprint density at radius 1 is 0.559 bits per heavy atom. The summed E-state index contributed by atoms with van der Waals surface area (Å²) in [5, 5.41) is 0. The lowest BCUT2D eigenvalue weighted by molar-refractivity contribution is 1.16. The molecule has 0 saturated heterocycles. The third kappa shape index (κ3) is 139. The van der Waals surface area contributed by atoms with E-state index in [9.17, 15) is 0 Å². The first kappa shape index (κ1) is 50.5. The van der Waals surface area contributed by atoms with Crippen LogP contribution in [0.5, 0.6) is 0 Å². The molecule has 0 fully saturated rings. The minimum atomic E-state index is 0. The second-order valence-corrected chi connectivity index (χ2v) is 7.02. The summed E-state index contributed by atoms with van der Waals surface area (Å²) in [6, 6.07) is 0. The summed E-state index contributed by atoms with van der Waals surface area (Å²) in [6.07, 6.45) is 28.0. The monoisotopic (exact) mass is 576 g/mol. The summed E-state index contributed by atoms with van der Waals surface area (Å²) in [6.45, 7) is 20.7. The zero-order valence-corrected chi connectivity index (χ0v) is 26.3. The van der Waals surface area contributed by atoms with E-state index < -0.39 is 0 Å². The maximum Gasteiger partial charge on any atom is 0.0404 e. The first-order chi connectivity index (χ1) is 16.0. The molecular weight excluding hydrogens is 526 g/mol. The van der Waals surface area contributed by atoms with Crippen molar-refractivity contribution in [1.29, 1.82) is 0 Å². The molecule has 0 heterocycles. The summed E-state index contributed by atoms with van der Waals surface area (Å²) in [4.78, 5) is 0. The van der Waals surface area contributed by atoms with Crippen molar-refractivity contribution in [3.8, 4) is 0 Å². The maximum absolute atomic E-state index is 5.40. The molecule has 0 bridgehead atoms. The van der Waals surface area contributed by atoms with Crippen LogP contribution >= 0.6 is 58.8 Å². The molecule has 204 valence electrons. The van der Waals surface area contributed by atoms with Crippen molar-refractivity contribution in [2.45, 2.75) is 73.1 Å². The van der Waals surface area contributed by atoms with Gasteiger partial charge in [-0.15, -0.1) is 72.0 Å². The molecule has 5 heteroatoms. The van der Waals surface area contributed by atoms with E-state index in [-0.39, 0.29) is 12.4 Å². The van der Waals surface area contributed by atoms with E-state index >= 15 is 0 Å². The third-order valence-corrected chi connectivity index (χ3v) is 3.41. The Morgan fingerprint density at radius 2 is 0.912 bits per heavy atom. The van der Waals surface area contributed by atoms with Crippen LogP contribution in [0.1, 0.15) is 73.1 Å². The summed E-state index contributed by atoms with van der Waals surface area (Å²) in [7, 11) is 0. The van der Waals surface area contributed by atoms with Gasteiger partial charge in [0.25, 0.3) is 0 Å². The molecular formula is C29H53Cl5. The van der Waals surface area contributed by atoms with E-state index in [1.54, 1.807) is 12.2 Å². The smallest absolute Gasteiger partial charge is 0.0404 e. The molecule has 0 aromatic rings. The van der Waals surface area contributed by atoms with Crippen LogP contribution in [-0.2, 0) is 0 Å². The molecule has 0 nitrogen and oxygen atoms in total. The van der Waals surface area contributed by atoms with E-state index in [0.29, 0.717) is 23.5 Å². The van der Waals surface area contributed by atoms with Crippen molar-refractivity contribution >= 4 is 58.8 Å². The van der Waals surface area contributed by atoms with Gasteiger partial charge in [0.2, 0.25) is 0 Å². The average molecular weight is 579 g/mol. The number of halogens is 5. The van der Waals surface area contributed by atoms with Crippen molar-refractivity contribution in [3.63, 3.8) is 0 Å². The van der Waals surface area contributed by atoms with Crippen molar-refractivity contribution in [2.75, 3.05) is 23.5 Å². The molecule has 34 heavy (non-hydrogen) atoms. The summed E-state index contributed by atoms with van der Waals surface area (Å²) >= 11 is 21.2. The Bertz CT molecular complexity index is 369. The van der Waals surface area contributed by atoms with Crippen molar-refractivity contribution in [1.82, 2.24) is 0 Å². The van der Waals surface area contributed by atoms with Crippen LogP contribution in [0.25, 0.3) is 0 Å². The largest absolute Gasteiger partial charge is 0.147 e. The fourth-order valence-electron chi connectivity index (χ4n) is 1.06. The maximum atomic E-state index is 5.40. The Morgan fingerprint density at radius 3 is 1.03 bits per heavy atom. The first-order valence-electron chi connectivity index (χ1n) is 11.6. The predicted octanol–water partition coefficient (Wildman–Crippen LogP) is 12.5. The first-order valence-corrected chi connectivity index (χ1v) is 13.8. The van der Waals surface area contributed by atoms with Crippen LogP contribution in [0.15, 0.2) is 86.6 Å². The van der Waals surface area contributed by atoms with Crippen molar-refractivity contribution in [2.24, 2.45) is 0 Å². The Labute approximate surface area is 241 Å². The molecule has 0 aromatic heterocycles. The highest BCUT2D eigenvalue weighted by Crippen LogP contribution is 1.90. The minimum absolute atomic E-state index is 0. The molecule has 0 radical (unpaired) electrons. The van der Waals surface area contributed by atoms with Gasteiger partial charge in [0.15, 0.2) is 0 Å². The molecule has 0 aromatic carbocycles. The van der Waals surface area contributed by atoms with Crippen LogP contribution in [0.3, 0.4) is 0 Å². The SMILES string of the molecule is C=C/C=C/C.C=CCC.C=CCCl.CCC=CCC.CCC=CCCl.Cl.ClCCC=CCCCl. The number of rotatable bonds is 11. The highest BCUT2D eigenvalue weighted by atomic mass is 35.5. The Balaban J connectivity index is -0.0000000521. The molecule has 0 atom stereocenters. The van der Waals surface area contributed by atoms with Crippen molar-refractivity contribution in [3.05, 3.63) is 86.6 Å². The molecule has 0 amide bonds. The number of hydrogen-bond acceptors (Lipinski definition) is 0. The van der Waals surface area contributed by atoms with Gasteiger partial charge in [-0.3, -0.25) is 0 Å². The minimum Gasteiger partial charge on any atom is -0.147 e. The second-order valence-electron chi connectivity index (χ2n) is 5.65. The van der Waals surface area contributed by atoms with E-state index in [2.05, 4.69) is 71.7 Å². The van der Waals surface area contributed by atoms with Gasteiger partial charge in [0.1, 0.15) is 0 Å². The average Bonchev–Trinajstić information content (AvgIpc) is 2.86. The molecule has 0 rings (SSSR count). The van der Waals surface area contributed by atoms with Crippen molar-refractivity contribution < 1.29 is 0 Å². The molecule has 0 N–H and O–H groups in total. The molecule has 0 aliphatic carbocycles. The van der Waals surface area contributed by atoms with Crippen LogP contribution < -0.4 is 0 Å². The van der Waals surface area contributed by atoms with E-state index in [1.807, 2.05) is 37.3 Å². The molecule has 0 aliphatic heterocycles. The van der Waals surface area contributed by atoms with Gasteiger partial charge in [0.05, 0.1) is 0 Å². The normalized spacial score (nSPS) is 8.97. The molecule has 0 unspecified atom stereocenters. The van der Waals surface area contributed by atoms with Gasteiger partial charge in [0, 0.05) is 23.5 Å². The highest BCUT2D eigenvalue weighted by Gasteiger charge is 1.74. The topological polar surface area (TPSA) is 0 Å². The Hall–Kier alpha value is -0.370. The fraction of sp³-hybridized carbons (Fsp3) is 0.517. The fourth-order valence-corrected chi connectivity index (χ4v) is 1.44. The molecule has 0 saturated carbocycles. The summed E-state index contributed by atoms with van der Waals surface area (Å²) in [5.41, 5.74) is 0. The van der Waals surface area contributed by atoms with Gasteiger partial charge in [-0.1, -0.05) is 101 Å². The van der Waals surface area contributed by atoms with Crippen LogP contribution in [0.4, 0.5) is 0 Å². The summed E-state index contributed by atoms with van der Waals surface area (Å²) < 4.78 is 0. The molecule has 0 aliphatic rings. The lowest BCUT2D eigenvalue weighted by atomic mass is 10.3. The number of allylic oxidation sites excluding steroid dienone is 11. The van der Waals surface area contributed by atoms with Crippen LogP contribution in [0, 0.1) is 0 Å². The Kier molecular flexibility index (Phi) is 114. The van der Waals surface area contributed by atoms with E-state index in [4.69, 9.17) is 46.4 Å². The highest BCUT2D eigenvalue weighted by molar-refractivity contribution is 6.19. The second kappa shape index (κ2) is 76.7. The van der Waals surface area contributed by atoms with Gasteiger partial charge >= 0.3 is 0 Å². The van der Waals surface area contributed by atoms with Crippen LogP contribution in [0.2, 0.25) is 0 Å². The lowest BCUT2D eigenvalue weighted by Crippen LogP contribution is -1.68. The predicted molar refractivity (Wildman–Crippen MR) is 173 cm³/mol. The molecule has 0 spiro atoms. The quantitative estimate of drug-likeness (QED) is 0.130.